The fraction of sp³-hybridized carbons (Fsp3) is 0.571. The average molecular weight is 271 g/mol. The van der Waals surface area contributed by atoms with Crippen LogP contribution in [0.4, 0.5) is 5.69 Å². The van der Waals surface area contributed by atoms with E-state index in [0.717, 1.165) is 50.1 Å². The van der Waals surface area contributed by atoms with Gasteiger partial charge < -0.3 is 10.1 Å². The number of para-hydroxylation sites is 1. The van der Waals surface area contributed by atoms with Crippen LogP contribution in [0.2, 0.25) is 5.02 Å². The predicted molar refractivity (Wildman–Crippen MR) is 78.5 cm³/mol. The molecule has 0 aliphatic rings. The maximum atomic E-state index is 6.08. The zero-order chi connectivity index (χ0) is 13.2. The number of rotatable bonds is 9. The molecule has 0 amide bonds. The van der Waals surface area contributed by atoms with Gasteiger partial charge in [-0.15, -0.1) is 0 Å². The first-order chi connectivity index (χ1) is 8.77. The van der Waals surface area contributed by atoms with Gasteiger partial charge in [-0.1, -0.05) is 30.7 Å². The van der Waals surface area contributed by atoms with Crippen LogP contribution in [0.5, 0.6) is 0 Å². The van der Waals surface area contributed by atoms with Crippen molar-refractivity contribution in [1.82, 2.24) is 4.90 Å². The summed E-state index contributed by atoms with van der Waals surface area (Å²) < 4.78 is 5.37. The van der Waals surface area contributed by atoms with Crippen LogP contribution in [0, 0.1) is 0 Å². The Morgan fingerprint density at radius 2 is 2.00 bits per heavy atom. The lowest BCUT2D eigenvalue weighted by molar-refractivity contribution is 0.117. The van der Waals surface area contributed by atoms with E-state index < -0.39 is 0 Å². The molecule has 0 aliphatic carbocycles. The molecule has 0 unspecified atom stereocenters. The second-order valence-electron chi connectivity index (χ2n) is 4.04. The molecule has 18 heavy (non-hydrogen) atoms. The summed E-state index contributed by atoms with van der Waals surface area (Å²) in [6.45, 7) is 9.69. The lowest BCUT2D eigenvalue weighted by atomic mass is 10.3. The Morgan fingerprint density at radius 1 is 1.22 bits per heavy atom. The third kappa shape index (κ3) is 5.71. The summed E-state index contributed by atoms with van der Waals surface area (Å²) in [5.74, 6) is 0. The van der Waals surface area contributed by atoms with Crippen molar-refractivity contribution in [1.29, 1.82) is 0 Å². The van der Waals surface area contributed by atoms with E-state index in [1.165, 1.54) is 0 Å². The van der Waals surface area contributed by atoms with Gasteiger partial charge in [-0.25, -0.2) is 0 Å². The molecule has 1 N–H and O–H groups in total. The maximum Gasteiger partial charge on any atom is 0.0637 e. The third-order valence-electron chi connectivity index (χ3n) is 2.82. The SMILES string of the molecule is CCOCCN(CC)CCNc1ccccc1Cl. The first-order valence-corrected chi connectivity index (χ1v) is 6.94. The standard InChI is InChI=1S/C14H23ClN2O/c1-3-17(11-12-18-4-2)10-9-16-14-8-6-5-7-13(14)15/h5-8,16H,3-4,9-12H2,1-2H3. The van der Waals surface area contributed by atoms with Gasteiger partial charge in [0.15, 0.2) is 0 Å². The molecule has 0 spiro atoms. The Balaban J connectivity index is 2.24. The molecule has 0 saturated carbocycles. The number of benzene rings is 1. The largest absolute Gasteiger partial charge is 0.383 e. The maximum absolute atomic E-state index is 6.08. The highest BCUT2D eigenvalue weighted by molar-refractivity contribution is 6.33. The summed E-state index contributed by atoms with van der Waals surface area (Å²) in [5, 5.41) is 4.13. The minimum Gasteiger partial charge on any atom is -0.383 e. The molecule has 0 bridgehead atoms. The monoisotopic (exact) mass is 270 g/mol. The number of hydrogen-bond acceptors (Lipinski definition) is 3. The molecule has 1 aromatic carbocycles. The van der Waals surface area contributed by atoms with Crippen LogP contribution in [-0.2, 0) is 4.74 Å². The van der Waals surface area contributed by atoms with E-state index in [2.05, 4.69) is 17.1 Å². The Kier molecular flexibility index (Phi) is 7.81. The van der Waals surface area contributed by atoms with Gasteiger partial charge in [-0.05, 0) is 25.6 Å². The van der Waals surface area contributed by atoms with E-state index in [1.54, 1.807) is 0 Å². The van der Waals surface area contributed by atoms with Crippen LogP contribution in [-0.4, -0.2) is 44.3 Å². The Hall–Kier alpha value is -0.770. The molecular formula is C14H23ClN2O. The van der Waals surface area contributed by atoms with E-state index in [9.17, 15) is 0 Å². The Labute approximate surface area is 115 Å². The minimum atomic E-state index is 0.773. The van der Waals surface area contributed by atoms with E-state index in [1.807, 2.05) is 31.2 Å². The fourth-order valence-corrected chi connectivity index (χ4v) is 1.92. The number of ether oxygens (including phenoxy) is 1. The van der Waals surface area contributed by atoms with Gasteiger partial charge in [0, 0.05) is 26.2 Å². The summed E-state index contributed by atoms with van der Waals surface area (Å²) in [7, 11) is 0. The van der Waals surface area contributed by atoms with Crippen LogP contribution in [0.25, 0.3) is 0 Å². The van der Waals surface area contributed by atoms with Crippen molar-refractivity contribution in [3.8, 4) is 0 Å². The summed E-state index contributed by atoms with van der Waals surface area (Å²) >= 11 is 6.08. The molecule has 0 aliphatic heterocycles. The number of hydrogen-bond donors (Lipinski definition) is 1. The molecule has 4 heteroatoms. The highest BCUT2D eigenvalue weighted by Gasteiger charge is 2.02. The Morgan fingerprint density at radius 3 is 2.67 bits per heavy atom. The van der Waals surface area contributed by atoms with Crippen LogP contribution >= 0.6 is 11.6 Å². The van der Waals surface area contributed by atoms with Gasteiger partial charge >= 0.3 is 0 Å². The van der Waals surface area contributed by atoms with E-state index in [0.29, 0.717) is 0 Å². The molecule has 0 heterocycles. The number of likely N-dealkylation sites (N-methyl/N-ethyl adjacent to an activating group) is 1. The first-order valence-electron chi connectivity index (χ1n) is 6.56. The van der Waals surface area contributed by atoms with Crippen molar-refractivity contribution < 1.29 is 4.74 Å². The molecule has 1 aromatic rings. The first kappa shape index (κ1) is 15.3. The van der Waals surface area contributed by atoms with Crippen molar-refractivity contribution in [3.63, 3.8) is 0 Å². The van der Waals surface area contributed by atoms with Gasteiger partial charge in [-0.2, -0.15) is 0 Å². The van der Waals surface area contributed by atoms with Crippen LogP contribution < -0.4 is 5.32 Å². The minimum absolute atomic E-state index is 0.773. The van der Waals surface area contributed by atoms with E-state index in [4.69, 9.17) is 16.3 Å². The van der Waals surface area contributed by atoms with Crippen molar-refractivity contribution in [3.05, 3.63) is 29.3 Å². The van der Waals surface area contributed by atoms with Crippen LogP contribution in [0.1, 0.15) is 13.8 Å². The number of nitrogens with zero attached hydrogens (tertiary/aromatic N) is 1. The second kappa shape index (κ2) is 9.20. The lowest BCUT2D eigenvalue weighted by Gasteiger charge is -2.20. The molecule has 0 fully saturated rings. The number of anilines is 1. The zero-order valence-electron chi connectivity index (χ0n) is 11.3. The zero-order valence-corrected chi connectivity index (χ0v) is 12.0. The van der Waals surface area contributed by atoms with Crippen molar-refractivity contribution >= 4 is 17.3 Å². The van der Waals surface area contributed by atoms with Gasteiger partial charge in [0.2, 0.25) is 0 Å². The molecular weight excluding hydrogens is 248 g/mol. The van der Waals surface area contributed by atoms with Crippen LogP contribution in [0.3, 0.4) is 0 Å². The highest BCUT2D eigenvalue weighted by atomic mass is 35.5. The predicted octanol–water partition coefficient (Wildman–Crippen LogP) is 3.11. The van der Waals surface area contributed by atoms with Gasteiger partial charge in [0.1, 0.15) is 0 Å². The molecule has 0 saturated heterocycles. The number of nitrogens with one attached hydrogen (secondary N) is 1. The quantitative estimate of drug-likeness (QED) is 0.698. The fourth-order valence-electron chi connectivity index (χ4n) is 1.72. The second-order valence-corrected chi connectivity index (χ2v) is 4.45. The molecule has 0 radical (unpaired) electrons. The Bertz CT molecular complexity index is 333. The molecule has 1 rings (SSSR count). The lowest BCUT2D eigenvalue weighted by Crippen LogP contribution is -2.32. The van der Waals surface area contributed by atoms with Crippen LogP contribution in [0.15, 0.2) is 24.3 Å². The van der Waals surface area contributed by atoms with Crippen molar-refractivity contribution in [2.75, 3.05) is 44.7 Å². The van der Waals surface area contributed by atoms with E-state index in [-0.39, 0.29) is 0 Å². The molecule has 0 aromatic heterocycles. The smallest absolute Gasteiger partial charge is 0.0637 e. The highest BCUT2D eigenvalue weighted by Crippen LogP contribution is 2.19. The third-order valence-corrected chi connectivity index (χ3v) is 3.15. The summed E-state index contributed by atoms with van der Waals surface area (Å²) in [4.78, 5) is 2.36. The van der Waals surface area contributed by atoms with Gasteiger partial charge in [0.05, 0.1) is 17.3 Å². The molecule has 0 atom stereocenters. The number of halogens is 1. The topological polar surface area (TPSA) is 24.5 Å². The summed E-state index contributed by atoms with van der Waals surface area (Å²) in [5.41, 5.74) is 1.00. The van der Waals surface area contributed by atoms with Crippen molar-refractivity contribution in [2.24, 2.45) is 0 Å². The average Bonchev–Trinajstić information content (AvgIpc) is 2.39. The van der Waals surface area contributed by atoms with Gasteiger partial charge in [0.25, 0.3) is 0 Å². The molecule has 102 valence electrons. The van der Waals surface area contributed by atoms with E-state index >= 15 is 0 Å². The van der Waals surface area contributed by atoms with Crippen molar-refractivity contribution in [2.45, 2.75) is 13.8 Å². The summed E-state index contributed by atoms with van der Waals surface area (Å²) in [6.07, 6.45) is 0. The normalized spacial score (nSPS) is 10.9. The summed E-state index contributed by atoms with van der Waals surface area (Å²) in [6, 6.07) is 7.82. The molecule has 3 nitrogen and oxygen atoms in total. The van der Waals surface area contributed by atoms with Gasteiger partial charge in [-0.3, -0.25) is 4.90 Å².